The van der Waals surface area contributed by atoms with Crippen molar-refractivity contribution in [3.63, 3.8) is 0 Å². The van der Waals surface area contributed by atoms with Crippen LogP contribution in [0.3, 0.4) is 0 Å². The van der Waals surface area contributed by atoms with E-state index in [2.05, 4.69) is 5.32 Å². The van der Waals surface area contributed by atoms with E-state index in [1.807, 2.05) is 30.3 Å². The summed E-state index contributed by atoms with van der Waals surface area (Å²) in [6.07, 6.45) is 0.940. The molecule has 6 nitrogen and oxygen atoms in total. The molecule has 0 bridgehead atoms. The fourth-order valence-electron chi connectivity index (χ4n) is 2.94. The second-order valence-corrected chi connectivity index (χ2v) is 8.89. The molecule has 0 aliphatic carbocycles. The highest BCUT2D eigenvalue weighted by Crippen LogP contribution is 2.25. The van der Waals surface area contributed by atoms with Crippen molar-refractivity contribution < 1.29 is 26.7 Å². The topological polar surface area (TPSA) is 75.7 Å². The number of para-hydroxylation sites is 1. The molecule has 9 heteroatoms. The third-order valence-corrected chi connectivity index (χ3v) is 5.65. The number of benzene rings is 3. The molecule has 0 unspecified atom stereocenters. The Labute approximate surface area is 185 Å². The molecule has 3 aromatic rings. The van der Waals surface area contributed by atoms with E-state index in [9.17, 15) is 22.0 Å². The maximum Gasteiger partial charge on any atom is 0.251 e. The molecule has 32 heavy (non-hydrogen) atoms. The number of hydrogen-bond acceptors (Lipinski definition) is 4. The molecular weight excluding hydrogens is 438 g/mol. The van der Waals surface area contributed by atoms with Gasteiger partial charge in [-0.3, -0.25) is 9.10 Å². The highest BCUT2D eigenvalue weighted by molar-refractivity contribution is 7.92. The maximum absolute atomic E-state index is 14.2. The molecule has 3 aromatic carbocycles. The van der Waals surface area contributed by atoms with Gasteiger partial charge in [-0.1, -0.05) is 30.3 Å². The molecule has 0 aromatic heterocycles. The molecule has 168 valence electrons. The molecule has 0 saturated heterocycles. The van der Waals surface area contributed by atoms with Gasteiger partial charge in [0, 0.05) is 11.6 Å². The van der Waals surface area contributed by atoms with Crippen molar-refractivity contribution in [1.82, 2.24) is 5.32 Å². The van der Waals surface area contributed by atoms with Crippen LogP contribution in [-0.2, 0) is 16.6 Å². The first-order valence-corrected chi connectivity index (χ1v) is 11.6. The van der Waals surface area contributed by atoms with E-state index in [1.54, 1.807) is 24.3 Å². The lowest BCUT2D eigenvalue weighted by molar-refractivity contribution is 0.0947. The molecule has 0 saturated carbocycles. The Morgan fingerprint density at radius 3 is 2.31 bits per heavy atom. The summed E-state index contributed by atoms with van der Waals surface area (Å²) in [5.74, 6) is -1.38. The van der Waals surface area contributed by atoms with Gasteiger partial charge in [-0.25, -0.2) is 17.2 Å². The number of nitrogens with one attached hydrogen (secondary N) is 1. The minimum atomic E-state index is -3.84. The van der Waals surface area contributed by atoms with E-state index in [1.165, 1.54) is 0 Å². The Kier molecular flexibility index (Phi) is 7.42. The van der Waals surface area contributed by atoms with Crippen LogP contribution in [0.5, 0.6) is 5.75 Å². The Hall–Kier alpha value is -3.46. The number of amides is 1. The van der Waals surface area contributed by atoms with Crippen molar-refractivity contribution in [2.75, 3.05) is 23.7 Å². The van der Waals surface area contributed by atoms with Crippen molar-refractivity contribution in [3.8, 4) is 5.75 Å². The van der Waals surface area contributed by atoms with E-state index in [-0.39, 0.29) is 18.1 Å². The second-order valence-electron chi connectivity index (χ2n) is 6.98. The molecule has 0 aliphatic rings. The van der Waals surface area contributed by atoms with Crippen LogP contribution in [0.1, 0.15) is 15.9 Å². The van der Waals surface area contributed by atoms with Gasteiger partial charge in [0.2, 0.25) is 10.0 Å². The van der Waals surface area contributed by atoms with Gasteiger partial charge in [-0.15, -0.1) is 0 Å². The van der Waals surface area contributed by atoms with E-state index in [4.69, 9.17) is 4.74 Å². The summed E-state index contributed by atoms with van der Waals surface area (Å²) in [6.45, 7) is 0.440. The summed E-state index contributed by atoms with van der Waals surface area (Å²) in [5, 5.41) is 2.74. The van der Waals surface area contributed by atoms with E-state index in [0.29, 0.717) is 36.1 Å². The van der Waals surface area contributed by atoms with Gasteiger partial charge in [-0.05, 0) is 42.0 Å². The normalized spacial score (nSPS) is 11.1. The minimum Gasteiger partial charge on any atom is -0.492 e. The van der Waals surface area contributed by atoms with Crippen LogP contribution in [0, 0.1) is 11.6 Å². The highest BCUT2D eigenvalue weighted by Gasteiger charge is 2.21. The van der Waals surface area contributed by atoms with Crippen molar-refractivity contribution in [3.05, 3.63) is 95.6 Å². The summed E-state index contributed by atoms with van der Waals surface area (Å²) in [5.41, 5.74) is 0.657. The molecule has 1 N–H and O–H groups in total. The standard InChI is InChI=1S/C23H22F2N2O4S/c1-32(29,30)27(22-12-11-19(24)15-21(22)25)16-17-7-9-18(10-8-17)23(28)26-13-14-31-20-5-3-2-4-6-20/h2-12,15H,13-14,16H2,1H3,(H,26,28). The molecule has 3 rings (SSSR count). The molecule has 0 aliphatic heterocycles. The summed E-state index contributed by atoms with van der Waals surface area (Å²) >= 11 is 0. The van der Waals surface area contributed by atoms with Crippen molar-refractivity contribution in [1.29, 1.82) is 0 Å². The van der Waals surface area contributed by atoms with Crippen LogP contribution in [0.25, 0.3) is 0 Å². The van der Waals surface area contributed by atoms with Gasteiger partial charge in [0.15, 0.2) is 0 Å². The molecule has 0 atom stereocenters. The van der Waals surface area contributed by atoms with Crippen molar-refractivity contribution in [2.24, 2.45) is 0 Å². The lowest BCUT2D eigenvalue weighted by Gasteiger charge is -2.23. The summed E-state index contributed by atoms with van der Waals surface area (Å²) < 4.78 is 58.1. The zero-order valence-corrected chi connectivity index (χ0v) is 18.1. The van der Waals surface area contributed by atoms with Crippen LogP contribution >= 0.6 is 0 Å². The molecule has 1 amide bonds. The highest BCUT2D eigenvalue weighted by atomic mass is 32.2. The fraction of sp³-hybridized carbons (Fsp3) is 0.174. The Morgan fingerprint density at radius 2 is 1.69 bits per heavy atom. The van der Waals surface area contributed by atoms with Crippen LogP contribution in [0.2, 0.25) is 0 Å². The molecule has 0 radical (unpaired) electrons. The fourth-order valence-corrected chi connectivity index (χ4v) is 3.83. The van der Waals surface area contributed by atoms with E-state index < -0.39 is 21.7 Å². The number of nitrogens with zero attached hydrogens (tertiary/aromatic N) is 1. The maximum atomic E-state index is 14.2. The first-order chi connectivity index (χ1) is 15.2. The quantitative estimate of drug-likeness (QED) is 0.494. The zero-order chi connectivity index (χ0) is 23.1. The van der Waals surface area contributed by atoms with Crippen molar-refractivity contribution in [2.45, 2.75) is 6.54 Å². The lowest BCUT2D eigenvalue weighted by Crippen LogP contribution is -2.30. The number of sulfonamides is 1. The number of carbonyl (C=O) groups is 1. The van der Waals surface area contributed by atoms with Crippen molar-refractivity contribution >= 4 is 21.6 Å². The molecule has 0 heterocycles. The largest absolute Gasteiger partial charge is 0.492 e. The van der Waals surface area contributed by atoms with Gasteiger partial charge in [0.25, 0.3) is 5.91 Å². The number of anilines is 1. The van der Waals surface area contributed by atoms with Crippen LogP contribution < -0.4 is 14.4 Å². The van der Waals surface area contributed by atoms with Gasteiger partial charge in [0.05, 0.1) is 25.0 Å². The average Bonchev–Trinajstić information content (AvgIpc) is 2.76. The van der Waals surface area contributed by atoms with Gasteiger partial charge in [0.1, 0.15) is 24.0 Å². The molecular formula is C23H22F2N2O4S. The summed E-state index contributed by atoms with van der Waals surface area (Å²) in [6, 6.07) is 18.2. The third kappa shape index (κ3) is 6.27. The molecule has 0 fully saturated rings. The second kappa shape index (κ2) is 10.2. The Bertz CT molecular complexity index is 1170. The number of carbonyl (C=O) groups excluding carboxylic acids is 1. The average molecular weight is 461 g/mol. The Balaban J connectivity index is 1.61. The molecule has 0 spiro atoms. The number of ether oxygens (including phenoxy) is 1. The minimum absolute atomic E-state index is 0.172. The SMILES string of the molecule is CS(=O)(=O)N(Cc1ccc(C(=O)NCCOc2ccccc2)cc1)c1ccc(F)cc1F. The van der Waals surface area contributed by atoms with E-state index in [0.717, 1.165) is 22.7 Å². The zero-order valence-electron chi connectivity index (χ0n) is 17.3. The first kappa shape index (κ1) is 23.2. The van der Waals surface area contributed by atoms with Crippen LogP contribution in [-0.4, -0.2) is 33.7 Å². The number of rotatable bonds is 9. The number of hydrogen-bond donors (Lipinski definition) is 1. The third-order valence-electron chi connectivity index (χ3n) is 4.52. The summed E-state index contributed by atoms with van der Waals surface area (Å²) in [4.78, 5) is 12.3. The predicted octanol–water partition coefficient (Wildman–Crippen LogP) is 3.74. The lowest BCUT2D eigenvalue weighted by atomic mass is 10.1. The van der Waals surface area contributed by atoms with Crippen LogP contribution in [0.15, 0.2) is 72.8 Å². The summed E-state index contributed by atoms with van der Waals surface area (Å²) in [7, 11) is -3.84. The predicted molar refractivity (Wildman–Crippen MR) is 118 cm³/mol. The first-order valence-electron chi connectivity index (χ1n) is 9.72. The van der Waals surface area contributed by atoms with Gasteiger partial charge < -0.3 is 10.1 Å². The smallest absolute Gasteiger partial charge is 0.251 e. The monoisotopic (exact) mass is 460 g/mol. The van der Waals surface area contributed by atoms with Gasteiger partial charge >= 0.3 is 0 Å². The van der Waals surface area contributed by atoms with Crippen LogP contribution in [0.4, 0.5) is 14.5 Å². The van der Waals surface area contributed by atoms with Gasteiger partial charge in [-0.2, -0.15) is 0 Å². The Morgan fingerprint density at radius 1 is 1.00 bits per heavy atom. The van der Waals surface area contributed by atoms with E-state index >= 15 is 0 Å². The number of halogens is 2.